The van der Waals surface area contributed by atoms with Gasteiger partial charge < -0.3 is 4.42 Å². The highest BCUT2D eigenvalue weighted by molar-refractivity contribution is 5.31. The van der Waals surface area contributed by atoms with E-state index in [1.165, 1.54) is 24.5 Å². The minimum atomic E-state index is -0.208. The van der Waals surface area contributed by atoms with Crippen molar-refractivity contribution >= 4 is 0 Å². The zero-order valence-electron chi connectivity index (χ0n) is 12.0. The molecule has 0 spiro atoms. The van der Waals surface area contributed by atoms with Crippen molar-refractivity contribution in [3.63, 3.8) is 0 Å². The molecule has 107 valence electrons. The van der Waals surface area contributed by atoms with Crippen molar-refractivity contribution in [1.29, 1.82) is 0 Å². The normalized spacial score (nSPS) is 10.9. The van der Waals surface area contributed by atoms with E-state index in [2.05, 4.69) is 17.1 Å². The third-order valence-corrected chi connectivity index (χ3v) is 3.19. The van der Waals surface area contributed by atoms with Gasteiger partial charge in [-0.1, -0.05) is 31.9 Å². The molecule has 2 rings (SSSR count). The van der Waals surface area contributed by atoms with E-state index in [-0.39, 0.29) is 5.82 Å². The number of benzene rings is 1. The molecule has 0 amide bonds. The molecule has 1 aromatic carbocycles. The predicted molar refractivity (Wildman–Crippen MR) is 75.8 cm³/mol. The Morgan fingerprint density at radius 2 is 2.10 bits per heavy atom. The Labute approximate surface area is 119 Å². The monoisotopic (exact) mass is 275 g/mol. The second-order valence-electron chi connectivity index (χ2n) is 4.94. The molecule has 0 aliphatic heterocycles. The van der Waals surface area contributed by atoms with Gasteiger partial charge in [-0.05, 0) is 30.0 Å². The van der Waals surface area contributed by atoms with Gasteiger partial charge in [-0.15, -0.1) is 10.2 Å². The van der Waals surface area contributed by atoms with Gasteiger partial charge in [0.25, 0.3) is 0 Å². The summed E-state index contributed by atoms with van der Waals surface area (Å²) in [6.07, 6.45) is 6.79. The average molecular weight is 275 g/mol. The van der Waals surface area contributed by atoms with Crippen molar-refractivity contribution in [3.05, 3.63) is 53.3 Å². The van der Waals surface area contributed by atoms with Crippen molar-refractivity contribution in [2.75, 3.05) is 0 Å². The summed E-state index contributed by atoms with van der Waals surface area (Å²) in [7, 11) is 0. The lowest BCUT2D eigenvalue weighted by atomic mass is 10.0. The molecule has 1 radical (unpaired) electrons. The summed E-state index contributed by atoms with van der Waals surface area (Å²) in [5.74, 6) is 0.834. The minimum absolute atomic E-state index is 0.208. The van der Waals surface area contributed by atoms with E-state index in [4.69, 9.17) is 4.42 Å². The van der Waals surface area contributed by atoms with Crippen molar-refractivity contribution < 1.29 is 8.81 Å². The van der Waals surface area contributed by atoms with Crippen LogP contribution in [0.1, 0.15) is 49.1 Å². The van der Waals surface area contributed by atoms with E-state index in [1.807, 2.05) is 12.1 Å². The summed E-state index contributed by atoms with van der Waals surface area (Å²) < 4.78 is 19.0. The van der Waals surface area contributed by atoms with Crippen LogP contribution in [0.15, 0.2) is 22.6 Å². The maximum atomic E-state index is 13.8. The molecule has 0 saturated carbocycles. The standard InChI is InChI=1S/C16H20FN2O/c1-3-4-5-6-13-7-9-15(17)14(11-13)8-10-16-19-18-12(2)20-16/h7-9,11H,3-6,10H2,1-2H3. The molecule has 0 unspecified atom stereocenters. The van der Waals surface area contributed by atoms with Crippen LogP contribution < -0.4 is 0 Å². The van der Waals surface area contributed by atoms with E-state index in [9.17, 15) is 4.39 Å². The molecule has 0 atom stereocenters. The van der Waals surface area contributed by atoms with Crippen LogP contribution in [0.4, 0.5) is 4.39 Å². The summed E-state index contributed by atoms with van der Waals surface area (Å²) in [5, 5.41) is 7.66. The van der Waals surface area contributed by atoms with Gasteiger partial charge in [0.1, 0.15) is 5.82 Å². The van der Waals surface area contributed by atoms with Gasteiger partial charge in [-0.25, -0.2) is 4.39 Å². The van der Waals surface area contributed by atoms with Crippen LogP contribution in [-0.4, -0.2) is 10.2 Å². The fourth-order valence-electron chi connectivity index (χ4n) is 2.10. The lowest BCUT2D eigenvalue weighted by Crippen LogP contribution is -1.95. The quantitative estimate of drug-likeness (QED) is 0.716. The van der Waals surface area contributed by atoms with Crippen LogP contribution in [0.3, 0.4) is 0 Å². The SMILES string of the molecule is CCCCCc1ccc(F)c([CH]Cc2nnc(C)o2)c1. The lowest BCUT2D eigenvalue weighted by molar-refractivity contribution is 0.475. The number of unbranched alkanes of at least 4 members (excludes halogenated alkanes) is 2. The minimum Gasteiger partial charge on any atom is -0.426 e. The Bertz CT molecular complexity index is 551. The van der Waals surface area contributed by atoms with E-state index < -0.39 is 0 Å². The second-order valence-corrected chi connectivity index (χ2v) is 4.94. The summed E-state index contributed by atoms with van der Waals surface area (Å²) in [4.78, 5) is 0. The van der Waals surface area contributed by atoms with Gasteiger partial charge in [0.2, 0.25) is 11.8 Å². The number of nitrogens with zero attached hydrogens (tertiary/aromatic N) is 2. The summed E-state index contributed by atoms with van der Waals surface area (Å²) >= 11 is 0. The average Bonchev–Trinajstić information content (AvgIpc) is 2.85. The molecule has 3 nitrogen and oxygen atoms in total. The van der Waals surface area contributed by atoms with Gasteiger partial charge in [-0.2, -0.15) is 0 Å². The Hall–Kier alpha value is -1.71. The molecule has 0 saturated heterocycles. The first-order chi connectivity index (χ1) is 9.69. The fraction of sp³-hybridized carbons (Fsp3) is 0.438. The Kier molecular flexibility index (Phi) is 5.27. The van der Waals surface area contributed by atoms with E-state index in [1.54, 1.807) is 13.3 Å². The molecule has 4 heteroatoms. The highest BCUT2D eigenvalue weighted by Crippen LogP contribution is 2.17. The first-order valence-corrected chi connectivity index (χ1v) is 7.09. The zero-order chi connectivity index (χ0) is 14.4. The smallest absolute Gasteiger partial charge is 0.217 e. The second kappa shape index (κ2) is 7.17. The van der Waals surface area contributed by atoms with Gasteiger partial charge in [0.05, 0.1) is 0 Å². The third kappa shape index (κ3) is 4.15. The molecule has 0 N–H and O–H groups in total. The number of aryl methyl sites for hydroxylation is 2. The molecular weight excluding hydrogens is 255 g/mol. The Morgan fingerprint density at radius 1 is 1.25 bits per heavy atom. The third-order valence-electron chi connectivity index (χ3n) is 3.19. The zero-order valence-corrected chi connectivity index (χ0v) is 12.0. The number of halogens is 1. The molecule has 0 aliphatic rings. The van der Waals surface area contributed by atoms with Gasteiger partial charge in [0.15, 0.2) is 0 Å². The van der Waals surface area contributed by atoms with Crippen LogP contribution in [0.5, 0.6) is 0 Å². The highest BCUT2D eigenvalue weighted by Gasteiger charge is 2.08. The van der Waals surface area contributed by atoms with Crippen LogP contribution >= 0.6 is 0 Å². The predicted octanol–water partition coefficient (Wildman–Crippen LogP) is 4.04. The van der Waals surface area contributed by atoms with Crippen LogP contribution in [0.2, 0.25) is 0 Å². The van der Waals surface area contributed by atoms with Crippen LogP contribution in [-0.2, 0) is 12.8 Å². The topological polar surface area (TPSA) is 38.9 Å². The fourth-order valence-corrected chi connectivity index (χ4v) is 2.10. The van der Waals surface area contributed by atoms with Crippen LogP contribution in [0, 0.1) is 19.2 Å². The largest absolute Gasteiger partial charge is 0.426 e. The maximum Gasteiger partial charge on any atom is 0.217 e. The molecule has 2 aromatic rings. The summed E-state index contributed by atoms with van der Waals surface area (Å²) in [5.41, 5.74) is 1.78. The Balaban J connectivity index is 1.97. The highest BCUT2D eigenvalue weighted by atomic mass is 19.1. The molecule has 20 heavy (non-hydrogen) atoms. The molecule has 1 heterocycles. The van der Waals surface area contributed by atoms with Crippen molar-refractivity contribution in [1.82, 2.24) is 10.2 Å². The van der Waals surface area contributed by atoms with Gasteiger partial charge >= 0.3 is 0 Å². The summed E-state index contributed by atoms with van der Waals surface area (Å²) in [6.45, 7) is 3.92. The van der Waals surface area contributed by atoms with Crippen LogP contribution in [0.25, 0.3) is 0 Å². The van der Waals surface area contributed by atoms with E-state index in [0.29, 0.717) is 23.8 Å². The van der Waals surface area contributed by atoms with Crippen molar-refractivity contribution in [2.24, 2.45) is 0 Å². The Morgan fingerprint density at radius 3 is 2.80 bits per heavy atom. The number of hydrogen-bond acceptors (Lipinski definition) is 3. The number of aromatic nitrogens is 2. The first kappa shape index (κ1) is 14.7. The summed E-state index contributed by atoms with van der Waals surface area (Å²) in [6, 6.07) is 5.31. The lowest BCUT2D eigenvalue weighted by Gasteiger charge is -2.05. The molecule has 0 bridgehead atoms. The van der Waals surface area contributed by atoms with Gasteiger partial charge in [-0.3, -0.25) is 0 Å². The molecular formula is C16H20FN2O. The van der Waals surface area contributed by atoms with E-state index in [0.717, 1.165) is 12.8 Å². The molecule has 0 aliphatic carbocycles. The molecule has 0 fully saturated rings. The van der Waals surface area contributed by atoms with Crippen molar-refractivity contribution in [3.8, 4) is 0 Å². The first-order valence-electron chi connectivity index (χ1n) is 7.09. The molecule has 1 aromatic heterocycles. The number of rotatable bonds is 7. The van der Waals surface area contributed by atoms with Crippen molar-refractivity contribution in [2.45, 2.75) is 46.0 Å². The van der Waals surface area contributed by atoms with Gasteiger partial charge in [0, 0.05) is 19.8 Å². The maximum absolute atomic E-state index is 13.8. The number of hydrogen-bond donors (Lipinski definition) is 0. The van der Waals surface area contributed by atoms with E-state index >= 15 is 0 Å².